The van der Waals surface area contributed by atoms with Gasteiger partial charge in [-0.2, -0.15) is 0 Å². The zero-order valence-electron chi connectivity index (χ0n) is 12.1. The van der Waals surface area contributed by atoms with E-state index in [4.69, 9.17) is 5.11 Å². The molecule has 0 unspecified atom stereocenters. The van der Waals surface area contributed by atoms with Crippen molar-refractivity contribution in [1.29, 1.82) is 0 Å². The van der Waals surface area contributed by atoms with Gasteiger partial charge in [0.25, 0.3) is 0 Å². The number of hydrogen-bond acceptors (Lipinski definition) is 2. The highest BCUT2D eigenvalue weighted by atomic mass is 16.2. The minimum Gasteiger partial charge on any atom is -0.384 e. The molecular formula is C17H21NO2. The van der Waals surface area contributed by atoms with Crippen molar-refractivity contribution >= 4 is 11.6 Å². The summed E-state index contributed by atoms with van der Waals surface area (Å²) in [5.41, 5.74) is 2.46. The van der Waals surface area contributed by atoms with Crippen molar-refractivity contribution < 1.29 is 9.90 Å². The lowest BCUT2D eigenvalue weighted by molar-refractivity contribution is -0.124. The maximum atomic E-state index is 12.4. The predicted molar refractivity (Wildman–Crippen MR) is 80.3 cm³/mol. The molecule has 0 radical (unpaired) electrons. The van der Waals surface area contributed by atoms with Crippen molar-refractivity contribution in [2.75, 3.05) is 11.9 Å². The van der Waals surface area contributed by atoms with Crippen molar-refractivity contribution in [3.63, 3.8) is 0 Å². The van der Waals surface area contributed by atoms with Crippen LogP contribution in [0.3, 0.4) is 0 Å². The number of hydrogen-bond donors (Lipinski definition) is 2. The number of anilines is 1. The second-order valence-corrected chi connectivity index (χ2v) is 5.71. The van der Waals surface area contributed by atoms with Crippen LogP contribution in [0.5, 0.6) is 0 Å². The monoisotopic (exact) mass is 271 g/mol. The Morgan fingerprint density at radius 3 is 2.70 bits per heavy atom. The Morgan fingerprint density at radius 2 is 2.10 bits per heavy atom. The summed E-state index contributed by atoms with van der Waals surface area (Å²) in [6, 6.07) is 5.67. The summed E-state index contributed by atoms with van der Waals surface area (Å²) >= 11 is 0. The minimum atomic E-state index is -0.220. The Balaban J connectivity index is 2.12. The van der Waals surface area contributed by atoms with Crippen molar-refractivity contribution in [1.82, 2.24) is 0 Å². The number of carbonyl (C=O) groups is 1. The molecule has 1 amide bonds. The van der Waals surface area contributed by atoms with Crippen LogP contribution < -0.4 is 5.32 Å². The molecule has 20 heavy (non-hydrogen) atoms. The number of aliphatic hydroxyl groups excluding tert-OH is 1. The third-order valence-corrected chi connectivity index (χ3v) is 4.04. The minimum absolute atomic E-state index is 0.118. The molecular weight excluding hydrogens is 250 g/mol. The van der Waals surface area contributed by atoms with E-state index >= 15 is 0 Å². The van der Waals surface area contributed by atoms with E-state index in [-0.39, 0.29) is 17.9 Å². The number of benzene rings is 1. The van der Waals surface area contributed by atoms with Crippen molar-refractivity contribution in [2.24, 2.45) is 5.41 Å². The summed E-state index contributed by atoms with van der Waals surface area (Å²) in [6.07, 6.45) is 4.22. The zero-order chi connectivity index (χ0) is 14.6. The topological polar surface area (TPSA) is 49.3 Å². The normalized spacial score (nSPS) is 16.4. The average molecular weight is 271 g/mol. The van der Waals surface area contributed by atoms with E-state index < -0.39 is 0 Å². The lowest BCUT2D eigenvalue weighted by Gasteiger charge is -2.22. The molecule has 1 aliphatic rings. The molecule has 1 aromatic carbocycles. The van der Waals surface area contributed by atoms with E-state index in [9.17, 15) is 4.79 Å². The van der Waals surface area contributed by atoms with Gasteiger partial charge in [0.2, 0.25) is 5.91 Å². The molecule has 0 spiro atoms. The molecule has 0 aliphatic heterocycles. The van der Waals surface area contributed by atoms with E-state index in [2.05, 4.69) is 17.2 Å². The second-order valence-electron chi connectivity index (χ2n) is 5.71. The Kier molecular flexibility index (Phi) is 4.46. The van der Waals surface area contributed by atoms with E-state index in [1.54, 1.807) is 0 Å². The fourth-order valence-electron chi connectivity index (χ4n) is 2.68. The van der Waals surface area contributed by atoms with Gasteiger partial charge in [0.1, 0.15) is 6.61 Å². The average Bonchev–Trinajstić information content (AvgIpc) is 2.87. The van der Waals surface area contributed by atoms with Crippen LogP contribution in [0.15, 0.2) is 18.2 Å². The summed E-state index contributed by atoms with van der Waals surface area (Å²) in [5.74, 6) is 5.60. The van der Waals surface area contributed by atoms with Gasteiger partial charge in [-0.05, 0) is 43.5 Å². The zero-order valence-corrected chi connectivity index (χ0v) is 12.1. The molecule has 3 heteroatoms. The highest BCUT2D eigenvalue weighted by molar-refractivity contribution is 5.95. The predicted octanol–water partition coefficient (Wildman–Crippen LogP) is 2.86. The summed E-state index contributed by atoms with van der Waals surface area (Å²) in [6.45, 7) is 3.86. The van der Waals surface area contributed by atoms with Crippen LogP contribution in [0.25, 0.3) is 0 Å². The van der Waals surface area contributed by atoms with Crippen LogP contribution in [0.4, 0.5) is 5.69 Å². The van der Waals surface area contributed by atoms with Gasteiger partial charge in [-0.3, -0.25) is 4.79 Å². The van der Waals surface area contributed by atoms with E-state index in [1.807, 2.05) is 32.0 Å². The SMILES string of the molecule is Cc1cc(C#CCO)ccc1NC(=O)C1(C)CCCC1. The van der Waals surface area contributed by atoms with E-state index in [0.29, 0.717) is 0 Å². The van der Waals surface area contributed by atoms with Gasteiger partial charge < -0.3 is 10.4 Å². The molecule has 106 valence electrons. The molecule has 2 N–H and O–H groups in total. The van der Waals surface area contributed by atoms with Gasteiger partial charge in [0.05, 0.1) is 0 Å². The molecule has 0 saturated heterocycles. The highest BCUT2D eigenvalue weighted by Gasteiger charge is 2.36. The van der Waals surface area contributed by atoms with Crippen LogP contribution in [-0.2, 0) is 4.79 Å². The Hall–Kier alpha value is -1.79. The largest absolute Gasteiger partial charge is 0.384 e. The maximum absolute atomic E-state index is 12.4. The summed E-state index contributed by atoms with van der Waals surface area (Å²) < 4.78 is 0. The van der Waals surface area contributed by atoms with Crippen molar-refractivity contribution in [3.8, 4) is 11.8 Å². The lowest BCUT2D eigenvalue weighted by atomic mass is 9.87. The smallest absolute Gasteiger partial charge is 0.230 e. The molecule has 1 fully saturated rings. The van der Waals surface area contributed by atoms with Gasteiger partial charge >= 0.3 is 0 Å². The fraction of sp³-hybridized carbons (Fsp3) is 0.471. The molecule has 0 atom stereocenters. The molecule has 3 nitrogen and oxygen atoms in total. The number of aryl methyl sites for hydroxylation is 1. The fourth-order valence-corrected chi connectivity index (χ4v) is 2.68. The molecule has 1 aliphatic carbocycles. The van der Waals surface area contributed by atoms with Crippen LogP contribution in [0.2, 0.25) is 0 Å². The molecule has 0 heterocycles. The second kappa shape index (κ2) is 6.11. The molecule has 0 aromatic heterocycles. The number of amides is 1. The van der Waals surface area contributed by atoms with Gasteiger partial charge in [-0.25, -0.2) is 0 Å². The van der Waals surface area contributed by atoms with Gasteiger partial charge in [0, 0.05) is 16.7 Å². The molecule has 1 saturated carbocycles. The third-order valence-electron chi connectivity index (χ3n) is 4.04. The first-order valence-electron chi connectivity index (χ1n) is 7.07. The molecule has 1 aromatic rings. The van der Waals surface area contributed by atoms with E-state index in [1.165, 1.54) is 0 Å². The standard InChI is InChI=1S/C17H21NO2/c1-13-12-14(6-5-11-19)7-8-15(13)18-16(20)17(2)9-3-4-10-17/h7-8,12,19H,3-4,9-11H2,1-2H3,(H,18,20). The first-order chi connectivity index (χ1) is 9.55. The summed E-state index contributed by atoms with van der Waals surface area (Å²) in [4.78, 5) is 12.4. The summed E-state index contributed by atoms with van der Waals surface area (Å²) in [7, 11) is 0. The van der Waals surface area contributed by atoms with Crippen LogP contribution in [0, 0.1) is 24.2 Å². The Labute approximate surface area is 120 Å². The molecule has 2 rings (SSSR count). The van der Waals surface area contributed by atoms with Crippen LogP contribution >= 0.6 is 0 Å². The van der Waals surface area contributed by atoms with Crippen LogP contribution in [0.1, 0.15) is 43.7 Å². The number of carbonyl (C=O) groups excluding carboxylic acids is 1. The Morgan fingerprint density at radius 1 is 1.40 bits per heavy atom. The summed E-state index contributed by atoms with van der Waals surface area (Å²) in [5, 5.41) is 11.7. The first kappa shape index (κ1) is 14.6. The number of aliphatic hydroxyl groups is 1. The van der Waals surface area contributed by atoms with Crippen molar-refractivity contribution in [2.45, 2.75) is 39.5 Å². The van der Waals surface area contributed by atoms with Crippen molar-refractivity contribution in [3.05, 3.63) is 29.3 Å². The highest BCUT2D eigenvalue weighted by Crippen LogP contribution is 2.38. The van der Waals surface area contributed by atoms with E-state index in [0.717, 1.165) is 42.5 Å². The number of nitrogens with one attached hydrogen (secondary N) is 1. The quantitative estimate of drug-likeness (QED) is 0.813. The van der Waals surface area contributed by atoms with Gasteiger partial charge in [-0.1, -0.05) is 31.6 Å². The maximum Gasteiger partial charge on any atom is 0.230 e. The Bertz CT molecular complexity index is 560. The lowest BCUT2D eigenvalue weighted by Crippen LogP contribution is -2.31. The van der Waals surface area contributed by atoms with Crippen LogP contribution in [-0.4, -0.2) is 17.6 Å². The van der Waals surface area contributed by atoms with Gasteiger partial charge in [0.15, 0.2) is 0 Å². The number of rotatable bonds is 2. The van der Waals surface area contributed by atoms with Gasteiger partial charge in [-0.15, -0.1) is 0 Å². The molecule has 0 bridgehead atoms. The first-order valence-corrected chi connectivity index (χ1v) is 7.07. The third kappa shape index (κ3) is 3.20.